The van der Waals surface area contributed by atoms with Gasteiger partial charge in [-0.05, 0) is 64.2 Å². The van der Waals surface area contributed by atoms with Crippen LogP contribution in [0, 0.1) is 12.7 Å². The molecule has 2 N–H and O–H groups in total. The van der Waals surface area contributed by atoms with E-state index in [1.807, 2.05) is 31.2 Å². The highest BCUT2D eigenvalue weighted by atomic mass is 79.9. The Morgan fingerprint density at radius 2 is 2.00 bits per heavy atom. The smallest absolute Gasteiger partial charge is 0.137 e. The lowest BCUT2D eigenvalue weighted by Gasteiger charge is -2.14. The van der Waals surface area contributed by atoms with Gasteiger partial charge >= 0.3 is 0 Å². The van der Waals surface area contributed by atoms with Crippen LogP contribution in [0.25, 0.3) is 0 Å². The van der Waals surface area contributed by atoms with Crippen LogP contribution < -0.4 is 5.73 Å². The molecule has 0 heterocycles. The molecular formula is C15H14BrClFN. The highest BCUT2D eigenvalue weighted by Gasteiger charge is 2.11. The van der Waals surface area contributed by atoms with Crippen LogP contribution in [0.5, 0.6) is 0 Å². The summed E-state index contributed by atoms with van der Waals surface area (Å²) in [5, 5.41) is 0.702. The maximum absolute atomic E-state index is 13.5. The second-order valence-electron chi connectivity index (χ2n) is 4.58. The van der Waals surface area contributed by atoms with Gasteiger partial charge in [-0.2, -0.15) is 0 Å². The summed E-state index contributed by atoms with van der Waals surface area (Å²) in [4.78, 5) is 0. The zero-order valence-corrected chi connectivity index (χ0v) is 12.8. The Labute approximate surface area is 125 Å². The average Bonchev–Trinajstić information content (AvgIpc) is 2.36. The van der Waals surface area contributed by atoms with Crippen LogP contribution in [0.2, 0.25) is 5.02 Å². The lowest BCUT2D eigenvalue weighted by atomic mass is 9.99. The Balaban J connectivity index is 2.20. The van der Waals surface area contributed by atoms with E-state index in [0.29, 0.717) is 15.9 Å². The molecule has 0 fully saturated rings. The second kappa shape index (κ2) is 6.04. The molecular weight excluding hydrogens is 329 g/mol. The molecule has 2 aromatic carbocycles. The SMILES string of the molecule is Cc1ccc(CC(N)c2ccc(Br)c(F)c2)c(Cl)c1. The predicted octanol–water partition coefficient (Wildman–Crippen LogP) is 4.79. The minimum absolute atomic E-state index is 0.275. The van der Waals surface area contributed by atoms with Gasteiger partial charge in [0.05, 0.1) is 4.47 Å². The van der Waals surface area contributed by atoms with Gasteiger partial charge in [0.1, 0.15) is 5.82 Å². The van der Waals surface area contributed by atoms with Crippen LogP contribution in [-0.2, 0) is 6.42 Å². The summed E-state index contributed by atoms with van der Waals surface area (Å²) in [6.45, 7) is 1.99. The summed E-state index contributed by atoms with van der Waals surface area (Å²) >= 11 is 9.31. The summed E-state index contributed by atoms with van der Waals surface area (Å²) in [6, 6.07) is 10.5. The standard InChI is InChI=1S/C15H14BrClFN/c1-9-2-3-10(13(17)6-9)8-15(19)11-4-5-12(16)14(18)7-11/h2-7,15H,8,19H2,1H3. The summed E-state index contributed by atoms with van der Waals surface area (Å²) in [5.74, 6) is -0.303. The second-order valence-corrected chi connectivity index (χ2v) is 5.84. The van der Waals surface area contributed by atoms with Crippen molar-refractivity contribution in [1.82, 2.24) is 0 Å². The first-order valence-electron chi connectivity index (χ1n) is 5.93. The molecule has 0 spiro atoms. The van der Waals surface area contributed by atoms with E-state index in [2.05, 4.69) is 15.9 Å². The predicted molar refractivity (Wildman–Crippen MR) is 80.9 cm³/mol. The molecule has 1 atom stereocenters. The van der Waals surface area contributed by atoms with Crippen molar-refractivity contribution in [3.63, 3.8) is 0 Å². The van der Waals surface area contributed by atoms with E-state index in [1.165, 1.54) is 6.07 Å². The van der Waals surface area contributed by atoms with E-state index in [4.69, 9.17) is 17.3 Å². The lowest BCUT2D eigenvalue weighted by molar-refractivity contribution is 0.612. The number of benzene rings is 2. The van der Waals surface area contributed by atoms with Crippen molar-refractivity contribution in [2.45, 2.75) is 19.4 Å². The topological polar surface area (TPSA) is 26.0 Å². The fourth-order valence-corrected chi connectivity index (χ4v) is 2.47. The molecule has 2 aromatic rings. The molecule has 0 aliphatic rings. The van der Waals surface area contributed by atoms with Crippen molar-refractivity contribution in [3.8, 4) is 0 Å². The minimum Gasteiger partial charge on any atom is -0.324 e. The molecule has 0 amide bonds. The fraction of sp³-hybridized carbons (Fsp3) is 0.200. The molecule has 2 rings (SSSR count). The molecule has 0 saturated carbocycles. The summed E-state index contributed by atoms with van der Waals surface area (Å²) < 4.78 is 13.9. The third-order valence-corrected chi connectivity index (χ3v) is 4.02. The zero-order valence-electron chi connectivity index (χ0n) is 10.5. The first-order valence-corrected chi connectivity index (χ1v) is 7.10. The first kappa shape index (κ1) is 14.5. The molecule has 0 aliphatic heterocycles. The van der Waals surface area contributed by atoms with Crippen LogP contribution in [0.1, 0.15) is 22.7 Å². The van der Waals surface area contributed by atoms with Gasteiger partial charge in [-0.1, -0.05) is 29.8 Å². The van der Waals surface area contributed by atoms with E-state index >= 15 is 0 Å². The highest BCUT2D eigenvalue weighted by Crippen LogP contribution is 2.25. The maximum Gasteiger partial charge on any atom is 0.137 e. The Bertz CT molecular complexity index is 601. The van der Waals surface area contributed by atoms with Gasteiger partial charge in [0, 0.05) is 11.1 Å². The molecule has 0 aromatic heterocycles. The Morgan fingerprint density at radius 3 is 2.63 bits per heavy atom. The summed E-state index contributed by atoms with van der Waals surface area (Å²) in [7, 11) is 0. The van der Waals surface area contributed by atoms with E-state index < -0.39 is 0 Å². The molecule has 0 saturated heterocycles. The number of rotatable bonds is 3. The van der Waals surface area contributed by atoms with Gasteiger partial charge in [-0.15, -0.1) is 0 Å². The number of hydrogen-bond donors (Lipinski definition) is 1. The van der Waals surface area contributed by atoms with Crippen molar-refractivity contribution in [1.29, 1.82) is 0 Å². The molecule has 1 unspecified atom stereocenters. The summed E-state index contributed by atoms with van der Waals surface area (Å²) in [5.41, 5.74) is 8.96. The molecule has 0 bridgehead atoms. The third kappa shape index (κ3) is 3.56. The van der Waals surface area contributed by atoms with Crippen LogP contribution >= 0.6 is 27.5 Å². The monoisotopic (exact) mass is 341 g/mol. The van der Waals surface area contributed by atoms with Crippen LogP contribution in [-0.4, -0.2) is 0 Å². The van der Waals surface area contributed by atoms with E-state index in [9.17, 15) is 4.39 Å². The minimum atomic E-state index is -0.303. The van der Waals surface area contributed by atoms with Gasteiger partial charge in [-0.3, -0.25) is 0 Å². The van der Waals surface area contributed by atoms with Crippen molar-refractivity contribution in [2.24, 2.45) is 5.73 Å². The normalized spacial score (nSPS) is 12.5. The van der Waals surface area contributed by atoms with E-state index in [-0.39, 0.29) is 11.9 Å². The molecule has 0 aliphatic carbocycles. The van der Waals surface area contributed by atoms with Crippen molar-refractivity contribution in [3.05, 3.63) is 68.4 Å². The van der Waals surface area contributed by atoms with Crippen LogP contribution in [0.15, 0.2) is 40.9 Å². The van der Waals surface area contributed by atoms with E-state index in [0.717, 1.165) is 16.7 Å². The van der Waals surface area contributed by atoms with Gasteiger partial charge in [0.2, 0.25) is 0 Å². The zero-order chi connectivity index (χ0) is 14.0. The molecule has 19 heavy (non-hydrogen) atoms. The van der Waals surface area contributed by atoms with Crippen LogP contribution in [0.4, 0.5) is 4.39 Å². The molecule has 100 valence electrons. The van der Waals surface area contributed by atoms with Gasteiger partial charge in [0.15, 0.2) is 0 Å². The highest BCUT2D eigenvalue weighted by molar-refractivity contribution is 9.10. The van der Waals surface area contributed by atoms with Gasteiger partial charge in [-0.25, -0.2) is 4.39 Å². The number of aryl methyl sites for hydroxylation is 1. The van der Waals surface area contributed by atoms with Crippen molar-refractivity contribution >= 4 is 27.5 Å². The number of hydrogen-bond acceptors (Lipinski definition) is 1. The largest absolute Gasteiger partial charge is 0.324 e. The lowest BCUT2D eigenvalue weighted by Crippen LogP contribution is -2.14. The molecule has 0 radical (unpaired) electrons. The molecule has 4 heteroatoms. The number of halogens is 3. The van der Waals surface area contributed by atoms with E-state index in [1.54, 1.807) is 6.07 Å². The van der Waals surface area contributed by atoms with Gasteiger partial charge in [0.25, 0.3) is 0 Å². The first-order chi connectivity index (χ1) is 8.97. The summed E-state index contributed by atoms with van der Waals surface area (Å²) in [6.07, 6.45) is 0.584. The third-order valence-electron chi connectivity index (χ3n) is 3.02. The Morgan fingerprint density at radius 1 is 1.26 bits per heavy atom. The van der Waals surface area contributed by atoms with Crippen LogP contribution in [0.3, 0.4) is 0 Å². The molecule has 1 nitrogen and oxygen atoms in total. The fourth-order valence-electron chi connectivity index (χ4n) is 1.92. The quantitative estimate of drug-likeness (QED) is 0.852. The maximum atomic E-state index is 13.5. The Hall–Kier alpha value is -0.900. The number of nitrogens with two attached hydrogens (primary N) is 1. The van der Waals surface area contributed by atoms with Crippen molar-refractivity contribution < 1.29 is 4.39 Å². The van der Waals surface area contributed by atoms with Gasteiger partial charge < -0.3 is 5.73 Å². The Kier molecular flexibility index (Phi) is 4.61. The van der Waals surface area contributed by atoms with Crippen molar-refractivity contribution in [2.75, 3.05) is 0 Å². The average molecular weight is 343 g/mol.